The van der Waals surface area contributed by atoms with Gasteiger partial charge in [0.15, 0.2) is 0 Å². The van der Waals surface area contributed by atoms with Crippen molar-refractivity contribution in [1.82, 2.24) is 14.5 Å². The highest BCUT2D eigenvalue weighted by Crippen LogP contribution is 2.31. The molecule has 0 unspecified atom stereocenters. The van der Waals surface area contributed by atoms with Crippen molar-refractivity contribution in [3.63, 3.8) is 0 Å². The fraction of sp³-hybridized carbons (Fsp3) is 0.500. The Morgan fingerprint density at radius 1 is 1.29 bits per heavy atom. The van der Waals surface area contributed by atoms with Crippen molar-refractivity contribution in [2.45, 2.75) is 44.3 Å². The van der Waals surface area contributed by atoms with Crippen LogP contribution in [0.25, 0.3) is 10.9 Å². The fourth-order valence-electron chi connectivity index (χ4n) is 4.05. The van der Waals surface area contributed by atoms with Gasteiger partial charge in [-0.2, -0.15) is 0 Å². The molecule has 0 radical (unpaired) electrons. The lowest BCUT2D eigenvalue weighted by molar-refractivity contribution is -0.135. The molecule has 6 nitrogen and oxygen atoms in total. The van der Waals surface area contributed by atoms with Crippen LogP contribution in [-0.4, -0.2) is 46.2 Å². The molecule has 0 spiro atoms. The van der Waals surface area contributed by atoms with Gasteiger partial charge in [0.05, 0.1) is 30.0 Å². The fourth-order valence-corrected chi connectivity index (χ4v) is 4.05. The summed E-state index contributed by atoms with van der Waals surface area (Å²) in [7, 11) is 1.61. The predicted octanol–water partition coefficient (Wildman–Crippen LogP) is 1.35. The number of carbonyl (C=O) groups is 1. The average molecular weight is 327 g/mol. The van der Waals surface area contributed by atoms with Crippen LogP contribution in [0.5, 0.6) is 0 Å². The van der Waals surface area contributed by atoms with Crippen molar-refractivity contribution in [1.29, 1.82) is 0 Å². The lowest BCUT2D eigenvalue weighted by Gasteiger charge is -2.27. The van der Waals surface area contributed by atoms with Crippen LogP contribution in [0, 0.1) is 0 Å². The SMILES string of the molecule is COCCC(=O)N1[C@@H]2CC[C@@H]1Cn1c(nc3ccccc3c1=O)C2. The molecule has 0 aliphatic carbocycles. The van der Waals surface area contributed by atoms with Gasteiger partial charge in [0.2, 0.25) is 5.91 Å². The molecule has 1 fully saturated rings. The number of carbonyl (C=O) groups excluding carboxylic acids is 1. The maximum Gasteiger partial charge on any atom is 0.261 e. The van der Waals surface area contributed by atoms with Crippen LogP contribution < -0.4 is 5.56 Å². The first-order chi connectivity index (χ1) is 11.7. The highest BCUT2D eigenvalue weighted by Gasteiger charge is 2.40. The van der Waals surface area contributed by atoms with Crippen LogP contribution in [0.15, 0.2) is 29.1 Å². The molecule has 2 aromatic rings. The molecule has 1 amide bonds. The summed E-state index contributed by atoms with van der Waals surface area (Å²) >= 11 is 0. The van der Waals surface area contributed by atoms with Crippen molar-refractivity contribution in [2.24, 2.45) is 0 Å². The summed E-state index contributed by atoms with van der Waals surface area (Å²) in [6.07, 6.45) is 2.97. The molecule has 4 rings (SSSR count). The van der Waals surface area contributed by atoms with Gasteiger partial charge in [0.1, 0.15) is 5.82 Å². The van der Waals surface area contributed by atoms with Crippen LogP contribution >= 0.6 is 0 Å². The monoisotopic (exact) mass is 327 g/mol. The van der Waals surface area contributed by atoms with E-state index in [9.17, 15) is 9.59 Å². The number of hydrogen-bond acceptors (Lipinski definition) is 4. The van der Waals surface area contributed by atoms with E-state index in [1.54, 1.807) is 11.7 Å². The molecule has 126 valence electrons. The molecule has 2 atom stereocenters. The second-order valence-electron chi connectivity index (χ2n) is 6.59. The molecule has 2 aliphatic heterocycles. The van der Waals surface area contributed by atoms with Crippen molar-refractivity contribution in [3.05, 3.63) is 40.4 Å². The van der Waals surface area contributed by atoms with Crippen molar-refractivity contribution >= 4 is 16.8 Å². The third-order valence-electron chi connectivity index (χ3n) is 5.18. The van der Waals surface area contributed by atoms with Crippen molar-refractivity contribution < 1.29 is 9.53 Å². The Kier molecular flexibility index (Phi) is 3.84. The van der Waals surface area contributed by atoms with Crippen LogP contribution in [0.2, 0.25) is 0 Å². The minimum Gasteiger partial charge on any atom is -0.384 e. The zero-order valence-corrected chi connectivity index (χ0v) is 13.8. The standard InChI is InChI=1S/C18H21N3O3/c1-24-9-8-17(22)21-12-6-7-13(21)11-20-16(10-12)19-15-5-3-2-4-14(15)18(20)23/h2-5,12-13H,6-11H2,1H3/t12-,13-/m1/s1. The van der Waals surface area contributed by atoms with E-state index >= 15 is 0 Å². The lowest BCUT2D eigenvalue weighted by Crippen LogP contribution is -2.42. The second-order valence-corrected chi connectivity index (χ2v) is 6.59. The quantitative estimate of drug-likeness (QED) is 0.853. The van der Waals surface area contributed by atoms with E-state index in [0.717, 1.165) is 24.2 Å². The van der Waals surface area contributed by atoms with Crippen molar-refractivity contribution in [3.8, 4) is 0 Å². The molecular weight excluding hydrogens is 306 g/mol. The summed E-state index contributed by atoms with van der Waals surface area (Å²) in [6.45, 7) is 0.977. The number of para-hydroxylation sites is 1. The van der Waals surface area contributed by atoms with Gasteiger partial charge in [0.25, 0.3) is 5.56 Å². The summed E-state index contributed by atoms with van der Waals surface area (Å²) < 4.78 is 6.82. The Labute approximate surface area is 140 Å². The number of ether oxygens (including phenoxy) is 1. The Balaban J connectivity index is 1.73. The topological polar surface area (TPSA) is 64.4 Å². The van der Waals surface area contributed by atoms with Gasteiger partial charge in [-0.25, -0.2) is 4.98 Å². The highest BCUT2D eigenvalue weighted by atomic mass is 16.5. The van der Waals surface area contributed by atoms with E-state index in [1.165, 1.54) is 0 Å². The summed E-state index contributed by atoms with van der Waals surface area (Å²) in [5.74, 6) is 0.921. The predicted molar refractivity (Wildman–Crippen MR) is 89.9 cm³/mol. The second kappa shape index (κ2) is 6.02. The molecule has 3 heterocycles. The molecule has 1 saturated heterocycles. The average Bonchev–Trinajstić information content (AvgIpc) is 2.89. The number of amides is 1. The van der Waals surface area contributed by atoms with Crippen LogP contribution in [-0.2, 0) is 22.5 Å². The Bertz CT molecular complexity index is 845. The smallest absolute Gasteiger partial charge is 0.261 e. The van der Waals surface area contributed by atoms with E-state index < -0.39 is 0 Å². The van der Waals surface area contributed by atoms with E-state index in [0.29, 0.717) is 31.4 Å². The normalized spacial score (nSPS) is 22.5. The van der Waals surface area contributed by atoms with Gasteiger partial charge in [-0.1, -0.05) is 12.1 Å². The molecular formula is C18H21N3O3. The molecule has 2 aliphatic rings. The zero-order valence-electron chi connectivity index (χ0n) is 13.8. The van der Waals surface area contributed by atoms with Gasteiger partial charge in [-0.05, 0) is 25.0 Å². The first-order valence-electron chi connectivity index (χ1n) is 8.47. The molecule has 24 heavy (non-hydrogen) atoms. The number of methoxy groups -OCH3 is 1. The Morgan fingerprint density at radius 3 is 2.92 bits per heavy atom. The highest BCUT2D eigenvalue weighted by molar-refractivity contribution is 5.78. The summed E-state index contributed by atoms with van der Waals surface area (Å²) in [4.78, 5) is 32.1. The third kappa shape index (κ3) is 2.41. The first kappa shape index (κ1) is 15.3. The van der Waals surface area contributed by atoms with Gasteiger partial charge < -0.3 is 9.64 Å². The lowest BCUT2D eigenvalue weighted by atomic mass is 10.1. The first-order valence-corrected chi connectivity index (χ1v) is 8.47. The number of aromatic nitrogens is 2. The minimum atomic E-state index is 0.00689. The van der Waals surface area contributed by atoms with E-state index in [1.807, 2.05) is 29.2 Å². The van der Waals surface area contributed by atoms with Crippen LogP contribution in [0.4, 0.5) is 0 Å². The van der Waals surface area contributed by atoms with Gasteiger partial charge in [-0.3, -0.25) is 14.2 Å². The number of rotatable bonds is 3. The maximum atomic E-state index is 12.9. The van der Waals surface area contributed by atoms with Gasteiger partial charge in [-0.15, -0.1) is 0 Å². The molecule has 6 heteroatoms. The zero-order chi connectivity index (χ0) is 16.7. The number of nitrogens with zero attached hydrogens (tertiary/aromatic N) is 3. The summed E-state index contributed by atoms with van der Waals surface area (Å²) in [5, 5.41) is 0.649. The molecule has 1 aromatic heterocycles. The molecule has 0 saturated carbocycles. The van der Waals surface area contributed by atoms with E-state index in [2.05, 4.69) is 0 Å². The van der Waals surface area contributed by atoms with Gasteiger partial charge in [0, 0.05) is 26.1 Å². The molecule has 1 aromatic carbocycles. The molecule has 2 bridgehead atoms. The van der Waals surface area contributed by atoms with Crippen LogP contribution in [0.3, 0.4) is 0 Å². The number of hydrogen-bond donors (Lipinski definition) is 0. The maximum absolute atomic E-state index is 12.9. The Morgan fingerprint density at radius 2 is 2.08 bits per heavy atom. The summed E-state index contributed by atoms with van der Waals surface area (Å²) in [6, 6.07) is 7.68. The third-order valence-corrected chi connectivity index (χ3v) is 5.18. The number of benzene rings is 1. The van der Waals surface area contributed by atoms with Crippen LogP contribution in [0.1, 0.15) is 25.1 Å². The van der Waals surface area contributed by atoms with E-state index in [4.69, 9.17) is 9.72 Å². The van der Waals surface area contributed by atoms with Crippen molar-refractivity contribution in [2.75, 3.05) is 13.7 Å². The Hall–Kier alpha value is -2.21. The minimum absolute atomic E-state index is 0.00689. The number of fused-ring (bicyclic) bond motifs is 4. The summed E-state index contributed by atoms with van der Waals surface area (Å²) in [5.41, 5.74) is 0.747. The van der Waals surface area contributed by atoms with E-state index in [-0.39, 0.29) is 23.6 Å². The molecule has 0 N–H and O–H groups in total. The largest absolute Gasteiger partial charge is 0.384 e. The van der Waals surface area contributed by atoms with Gasteiger partial charge >= 0.3 is 0 Å².